The fourth-order valence-corrected chi connectivity index (χ4v) is 1.64. The Kier molecular flexibility index (Phi) is 1.14. The minimum absolute atomic E-state index is 0.0399. The molecule has 1 aliphatic heterocycles. The van der Waals surface area contributed by atoms with Crippen LogP contribution in [0.15, 0.2) is 4.99 Å². The molecule has 1 unspecified atom stereocenters. The highest BCUT2D eigenvalue weighted by Crippen LogP contribution is 2.56. The number of nitrogens with one attached hydrogen (secondary N) is 1. The topological polar surface area (TPSA) is 67.5 Å². The van der Waals surface area contributed by atoms with E-state index in [9.17, 15) is 4.79 Å². The first-order valence-corrected chi connectivity index (χ1v) is 4.15. The molecule has 12 heavy (non-hydrogen) atoms. The maximum absolute atomic E-state index is 11.5. The molecule has 1 fully saturated rings. The molecule has 2 rings (SSSR count). The van der Waals surface area contributed by atoms with Gasteiger partial charge in [0.1, 0.15) is 5.54 Å². The maximum Gasteiger partial charge on any atom is 0.254 e. The number of aliphatic imine (C=N–C) groups is 1. The summed E-state index contributed by atoms with van der Waals surface area (Å²) in [6.45, 7) is 3.93. The Bertz CT molecular complexity index is 280. The van der Waals surface area contributed by atoms with Crippen LogP contribution in [-0.2, 0) is 4.79 Å². The fraction of sp³-hybridized carbons (Fsp3) is 0.750. The van der Waals surface area contributed by atoms with E-state index in [4.69, 9.17) is 5.73 Å². The molecule has 4 heteroatoms. The minimum Gasteiger partial charge on any atom is -0.370 e. The molecule has 0 aromatic carbocycles. The zero-order valence-electron chi connectivity index (χ0n) is 7.35. The number of rotatable bonds is 1. The molecule has 66 valence electrons. The fourth-order valence-electron chi connectivity index (χ4n) is 1.64. The third-order valence-corrected chi connectivity index (χ3v) is 3.20. The lowest BCUT2D eigenvalue weighted by Gasteiger charge is -2.24. The van der Waals surface area contributed by atoms with E-state index in [0.29, 0.717) is 0 Å². The second-order valence-corrected chi connectivity index (χ2v) is 4.08. The molecule has 0 aromatic rings. The number of amides is 1. The molecular formula is C8H13N3O. The summed E-state index contributed by atoms with van der Waals surface area (Å²) in [6.07, 6.45) is 2.13. The second kappa shape index (κ2) is 1.81. The Labute approximate surface area is 71.2 Å². The van der Waals surface area contributed by atoms with Crippen LogP contribution in [-0.4, -0.2) is 17.4 Å². The van der Waals surface area contributed by atoms with Crippen molar-refractivity contribution >= 4 is 11.9 Å². The van der Waals surface area contributed by atoms with Gasteiger partial charge in [0.2, 0.25) is 0 Å². The standard InChI is InChI=1S/C8H13N3O/c1-7(3-4-7)8(2)5(12)10-6(9)11-8/h3-4H2,1-2H3,(H3,9,10,11,12). The van der Waals surface area contributed by atoms with Crippen molar-refractivity contribution in [2.45, 2.75) is 32.2 Å². The number of carbonyl (C=O) groups excluding carboxylic acids is 1. The maximum atomic E-state index is 11.5. The Morgan fingerprint density at radius 3 is 2.42 bits per heavy atom. The minimum atomic E-state index is -0.614. The molecule has 0 spiro atoms. The highest BCUT2D eigenvalue weighted by atomic mass is 16.2. The normalized spacial score (nSPS) is 37.5. The number of nitrogens with zero attached hydrogens (tertiary/aromatic N) is 1. The van der Waals surface area contributed by atoms with Gasteiger partial charge in [-0.25, -0.2) is 4.99 Å². The van der Waals surface area contributed by atoms with E-state index in [1.54, 1.807) is 0 Å². The molecule has 1 aliphatic carbocycles. The average Bonchev–Trinajstić information content (AvgIpc) is 2.62. The summed E-state index contributed by atoms with van der Waals surface area (Å²) in [5, 5.41) is 2.54. The van der Waals surface area contributed by atoms with Gasteiger partial charge in [0.05, 0.1) is 0 Å². The largest absolute Gasteiger partial charge is 0.370 e. The first-order chi connectivity index (χ1) is 5.48. The number of hydrogen-bond acceptors (Lipinski definition) is 3. The van der Waals surface area contributed by atoms with Crippen LogP contribution < -0.4 is 11.1 Å². The van der Waals surface area contributed by atoms with Crippen molar-refractivity contribution in [2.75, 3.05) is 0 Å². The molecule has 1 atom stereocenters. The molecule has 0 radical (unpaired) electrons. The predicted octanol–water partition coefficient (Wildman–Crippen LogP) is -0.0103. The quantitative estimate of drug-likeness (QED) is 0.576. The Balaban J connectivity index is 2.37. The molecule has 1 heterocycles. The number of carbonyl (C=O) groups is 1. The Morgan fingerprint density at radius 1 is 1.50 bits per heavy atom. The van der Waals surface area contributed by atoms with Crippen LogP contribution in [0.2, 0.25) is 0 Å². The zero-order valence-corrected chi connectivity index (χ0v) is 7.35. The lowest BCUT2D eigenvalue weighted by atomic mass is 9.84. The molecule has 4 nitrogen and oxygen atoms in total. The lowest BCUT2D eigenvalue weighted by Crippen LogP contribution is -2.44. The van der Waals surface area contributed by atoms with Gasteiger partial charge in [-0.1, -0.05) is 6.92 Å². The highest BCUT2D eigenvalue weighted by Gasteiger charge is 2.59. The molecule has 0 aromatic heterocycles. The summed E-state index contributed by atoms with van der Waals surface area (Å²) in [5.74, 6) is 0.204. The van der Waals surface area contributed by atoms with Crippen LogP contribution in [0.1, 0.15) is 26.7 Å². The van der Waals surface area contributed by atoms with E-state index in [1.165, 1.54) is 0 Å². The summed E-state index contributed by atoms with van der Waals surface area (Å²) < 4.78 is 0. The van der Waals surface area contributed by atoms with Crippen LogP contribution in [0.5, 0.6) is 0 Å². The van der Waals surface area contributed by atoms with Gasteiger partial charge in [0, 0.05) is 5.41 Å². The van der Waals surface area contributed by atoms with Gasteiger partial charge in [-0.3, -0.25) is 10.1 Å². The summed E-state index contributed by atoms with van der Waals surface area (Å²) in [4.78, 5) is 15.7. The first-order valence-electron chi connectivity index (χ1n) is 4.15. The molecular weight excluding hydrogens is 154 g/mol. The molecule has 2 aliphatic rings. The molecule has 3 N–H and O–H groups in total. The summed E-state index contributed by atoms with van der Waals surface area (Å²) in [6, 6.07) is 0. The monoisotopic (exact) mass is 167 g/mol. The van der Waals surface area contributed by atoms with Gasteiger partial charge < -0.3 is 5.73 Å². The van der Waals surface area contributed by atoms with Gasteiger partial charge in [-0.2, -0.15) is 0 Å². The van der Waals surface area contributed by atoms with E-state index in [-0.39, 0.29) is 17.3 Å². The van der Waals surface area contributed by atoms with Crippen molar-refractivity contribution in [1.82, 2.24) is 5.32 Å². The van der Waals surface area contributed by atoms with Gasteiger partial charge in [0.15, 0.2) is 5.96 Å². The SMILES string of the molecule is CC1(C2(C)N=C(N)NC2=O)CC1. The summed E-state index contributed by atoms with van der Waals surface area (Å²) in [7, 11) is 0. The first kappa shape index (κ1) is 7.58. The Morgan fingerprint density at radius 2 is 2.08 bits per heavy atom. The average molecular weight is 167 g/mol. The van der Waals surface area contributed by atoms with Gasteiger partial charge >= 0.3 is 0 Å². The van der Waals surface area contributed by atoms with E-state index in [2.05, 4.69) is 17.2 Å². The highest BCUT2D eigenvalue weighted by molar-refractivity contribution is 6.07. The lowest BCUT2D eigenvalue weighted by molar-refractivity contribution is -0.125. The van der Waals surface area contributed by atoms with E-state index in [1.807, 2.05) is 6.92 Å². The smallest absolute Gasteiger partial charge is 0.254 e. The van der Waals surface area contributed by atoms with Gasteiger partial charge in [-0.05, 0) is 19.8 Å². The summed E-state index contributed by atoms with van der Waals surface area (Å²) >= 11 is 0. The number of nitrogens with two attached hydrogens (primary N) is 1. The van der Waals surface area contributed by atoms with Crippen LogP contribution in [0, 0.1) is 5.41 Å². The van der Waals surface area contributed by atoms with Crippen molar-refractivity contribution in [3.8, 4) is 0 Å². The van der Waals surface area contributed by atoms with Crippen molar-refractivity contribution < 1.29 is 4.79 Å². The molecule has 0 saturated heterocycles. The van der Waals surface area contributed by atoms with Crippen molar-refractivity contribution in [3.63, 3.8) is 0 Å². The van der Waals surface area contributed by atoms with Gasteiger partial charge in [0.25, 0.3) is 5.91 Å². The van der Waals surface area contributed by atoms with E-state index < -0.39 is 5.54 Å². The van der Waals surface area contributed by atoms with E-state index in [0.717, 1.165) is 12.8 Å². The van der Waals surface area contributed by atoms with Crippen molar-refractivity contribution in [3.05, 3.63) is 0 Å². The van der Waals surface area contributed by atoms with Crippen LogP contribution in [0.25, 0.3) is 0 Å². The van der Waals surface area contributed by atoms with Gasteiger partial charge in [-0.15, -0.1) is 0 Å². The van der Waals surface area contributed by atoms with Crippen LogP contribution >= 0.6 is 0 Å². The number of guanidine groups is 1. The zero-order chi connectivity index (χ0) is 8.98. The van der Waals surface area contributed by atoms with Crippen LogP contribution in [0.4, 0.5) is 0 Å². The third-order valence-electron chi connectivity index (χ3n) is 3.20. The molecule has 1 saturated carbocycles. The van der Waals surface area contributed by atoms with Crippen molar-refractivity contribution in [2.24, 2.45) is 16.1 Å². The van der Waals surface area contributed by atoms with E-state index >= 15 is 0 Å². The predicted molar refractivity (Wildman–Crippen MR) is 45.5 cm³/mol. The molecule has 0 bridgehead atoms. The summed E-state index contributed by atoms with van der Waals surface area (Å²) in [5.41, 5.74) is 4.87. The number of hydrogen-bond donors (Lipinski definition) is 2. The second-order valence-electron chi connectivity index (χ2n) is 4.08. The molecule has 1 amide bonds. The third kappa shape index (κ3) is 0.722. The van der Waals surface area contributed by atoms with Crippen molar-refractivity contribution in [1.29, 1.82) is 0 Å². The Hall–Kier alpha value is -1.06. The van der Waals surface area contributed by atoms with Crippen LogP contribution in [0.3, 0.4) is 0 Å².